The van der Waals surface area contributed by atoms with E-state index in [1.165, 1.54) is 7.11 Å². The molecule has 4 unspecified atom stereocenters. The highest BCUT2D eigenvalue weighted by atomic mass is 19.1. The van der Waals surface area contributed by atoms with Gasteiger partial charge >= 0.3 is 5.97 Å². The zero-order valence-corrected chi connectivity index (χ0v) is 9.46. The third-order valence-corrected chi connectivity index (χ3v) is 4.58. The van der Waals surface area contributed by atoms with Crippen LogP contribution in [0.15, 0.2) is 0 Å². The summed E-state index contributed by atoms with van der Waals surface area (Å²) in [5.74, 6) is 0.999. The molecule has 0 heterocycles. The molecule has 0 aromatic carbocycles. The number of alkyl halides is 1. The van der Waals surface area contributed by atoms with Gasteiger partial charge in [0.25, 0.3) is 0 Å². The number of hydrogen-bond acceptors (Lipinski definition) is 2. The van der Waals surface area contributed by atoms with Crippen molar-refractivity contribution in [3.8, 4) is 0 Å². The standard InChI is InChI=1S/C12H19FO2/c1-12(3-4-13)7-8-5-9(12)6-10(8)11(14)15-2/h8-10H,3-7H2,1-2H3. The van der Waals surface area contributed by atoms with E-state index in [2.05, 4.69) is 6.92 Å². The molecule has 4 atom stereocenters. The largest absolute Gasteiger partial charge is 0.469 e. The van der Waals surface area contributed by atoms with E-state index in [1.807, 2.05) is 0 Å². The van der Waals surface area contributed by atoms with Gasteiger partial charge < -0.3 is 4.74 Å². The van der Waals surface area contributed by atoms with Crippen LogP contribution in [-0.4, -0.2) is 19.8 Å². The lowest BCUT2D eigenvalue weighted by Crippen LogP contribution is -2.32. The second-order valence-corrected chi connectivity index (χ2v) is 5.36. The summed E-state index contributed by atoms with van der Waals surface area (Å²) in [6, 6.07) is 0. The fraction of sp³-hybridized carbons (Fsp3) is 0.917. The summed E-state index contributed by atoms with van der Waals surface area (Å²) in [5, 5.41) is 0. The van der Waals surface area contributed by atoms with Gasteiger partial charge in [0, 0.05) is 0 Å². The van der Waals surface area contributed by atoms with Gasteiger partial charge in [-0.1, -0.05) is 6.92 Å². The maximum Gasteiger partial charge on any atom is 0.308 e. The number of hydrogen-bond donors (Lipinski definition) is 0. The highest BCUT2D eigenvalue weighted by Gasteiger charge is 2.54. The predicted octanol–water partition coefficient (Wildman–Crippen LogP) is 2.57. The first kappa shape index (κ1) is 10.9. The Balaban J connectivity index is 2.02. The van der Waals surface area contributed by atoms with Crippen LogP contribution >= 0.6 is 0 Å². The van der Waals surface area contributed by atoms with Crippen molar-refractivity contribution >= 4 is 5.97 Å². The molecule has 0 radical (unpaired) electrons. The lowest BCUT2D eigenvalue weighted by atomic mass is 9.70. The van der Waals surface area contributed by atoms with Gasteiger partial charge in [-0.3, -0.25) is 9.18 Å². The summed E-state index contributed by atoms with van der Waals surface area (Å²) in [6.07, 6.45) is 3.66. The topological polar surface area (TPSA) is 26.3 Å². The molecule has 0 aromatic rings. The predicted molar refractivity (Wildman–Crippen MR) is 55.0 cm³/mol. The molecule has 0 aromatic heterocycles. The normalized spacial score (nSPS) is 43.3. The summed E-state index contributed by atoms with van der Waals surface area (Å²) in [7, 11) is 1.45. The lowest BCUT2D eigenvalue weighted by Gasteiger charge is -2.35. The number of halogens is 1. The minimum absolute atomic E-state index is 0.0650. The van der Waals surface area contributed by atoms with Gasteiger partial charge in [0.1, 0.15) is 0 Å². The van der Waals surface area contributed by atoms with E-state index in [4.69, 9.17) is 4.74 Å². The molecule has 2 bridgehead atoms. The van der Waals surface area contributed by atoms with Crippen molar-refractivity contribution in [3.05, 3.63) is 0 Å². The maximum atomic E-state index is 12.4. The molecule has 2 fully saturated rings. The Kier molecular flexibility index (Phi) is 2.73. The van der Waals surface area contributed by atoms with Crippen molar-refractivity contribution < 1.29 is 13.9 Å². The van der Waals surface area contributed by atoms with E-state index >= 15 is 0 Å². The van der Waals surface area contributed by atoms with Crippen LogP contribution in [0.3, 0.4) is 0 Å². The summed E-state index contributed by atoms with van der Waals surface area (Å²) in [6.45, 7) is 1.94. The van der Waals surface area contributed by atoms with E-state index < -0.39 is 0 Å². The summed E-state index contributed by atoms with van der Waals surface area (Å²) in [4.78, 5) is 11.5. The Hall–Kier alpha value is -0.600. The molecule has 0 saturated heterocycles. The maximum absolute atomic E-state index is 12.4. The second-order valence-electron chi connectivity index (χ2n) is 5.36. The number of carbonyl (C=O) groups excluding carboxylic acids is 1. The first-order valence-corrected chi connectivity index (χ1v) is 5.74. The quantitative estimate of drug-likeness (QED) is 0.675. The van der Waals surface area contributed by atoms with Crippen LogP contribution < -0.4 is 0 Å². The van der Waals surface area contributed by atoms with Crippen molar-refractivity contribution in [1.82, 2.24) is 0 Å². The Bertz CT molecular complexity index is 266. The van der Waals surface area contributed by atoms with Gasteiger partial charge in [0.05, 0.1) is 19.7 Å². The van der Waals surface area contributed by atoms with Crippen LogP contribution in [-0.2, 0) is 9.53 Å². The second kappa shape index (κ2) is 3.76. The first-order chi connectivity index (χ1) is 7.10. The van der Waals surface area contributed by atoms with Crippen molar-refractivity contribution in [1.29, 1.82) is 0 Å². The summed E-state index contributed by atoms with van der Waals surface area (Å²) < 4.78 is 17.2. The molecule has 2 aliphatic rings. The molecular formula is C12H19FO2. The van der Waals surface area contributed by atoms with E-state index in [9.17, 15) is 9.18 Å². The van der Waals surface area contributed by atoms with Crippen molar-refractivity contribution in [2.45, 2.75) is 32.6 Å². The molecule has 2 aliphatic carbocycles. The monoisotopic (exact) mass is 214 g/mol. The first-order valence-electron chi connectivity index (χ1n) is 5.74. The van der Waals surface area contributed by atoms with Crippen LogP contribution in [0.5, 0.6) is 0 Å². The lowest BCUT2D eigenvalue weighted by molar-refractivity contribution is -0.148. The molecule has 0 spiro atoms. The fourth-order valence-corrected chi connectivity index (χ4v) is 3.65. The van der Waals surface area contributed by atoms with Gasteiger partial charge in [-0.15, -0.1) is 0 Å². The van der Waals surface area contributed by atoms with Crippen LogP contribution in [0.4, 0.5) is 4.39 Å². The zero-order valence-electron chi connectivity index (χ0n) is 9.46. The number of esters is 1. The average Bonchev–Trinajstić information content (AvgIpc) is 2.73. The average molecular weight is 214 g/mol. The van der Waals surface area contributed by atoms with Crippen molar-refractivity contribution in [2.24, 2.45) is 23.2 Å². The number of ether oxygens (including phenoxy) is 1. The van der Waals surface area contributed by atoms with Crippen LogP contribution in [0.25, 0.3) is 0 Å². The van der Waals surface area contributed by atoms with Gasteiger partial charge in [0.2, 0.25) is 0 Å². The third-order valence-electron chi connectivity index (χ3n) is 4.58. The van der Waals surface area contributed by atoms with E-state index in [-0.39, 0.29) is 24.0 Å². The van der Waals surface area contributed by atoms with E-state index in [0.717, 1.165) is 19.3 Å². The molecule has 15 heavy (non-hydrogen) atoms. The van der Waals surface area contributed by atoms with Crippen LogP contribution in [0, 0.1) is 23.2 Å². The van der Waals surface area contributed by atoms with Crippen LogP contribution in [0.2, 0.25) is 0 Å². The van der Waals surface area contributed by atoms with Gasteiger partial charge in [-0.2, -0.15) is 0 Å². The molecule has 0 amide bonds. The Morgan fingerprint density at radius 1 is 1.53 bits per heavy atom. The molecule has 2 nitrogen and oxygen atoms in total. The molecule has 2 saturated carbocycles. The smallest absolute Gasteiger partial charge is 0.308 e. The number of methoxy groups -OCH3 is 1. The number of rotatable bonds is 3. The van der Waals surface area contributed by atoms with Gasteiger partial charge in [0.15, 0.2) is 0 Å². The van der Waals surface area contributed by atoms with Crippen molar-refractivity contribution in [3.63, 3.8) is 0 Å². The van der Waals surface area contributed by atoms with Gasteiger partial charge in [-0.25, -0.2) is 0 Å². The molecule has 2 rings (SSSR count). The molecule has 0 aliphatic heterocycles. The summed E-state index contributed by atoms with van der Waals surface area (Å²) in [5.41, 5.74) is 0.143. The van der Waals surface area contributed by atoms with E-state index in [0.29, 0.717) is 18.3 Å². The zero-order chi connectivity index (χ0) is 11.1. The highest BCUT2D eigenvalue weighted by Crippen LogP contribution is 2.59. The Labute approximate surface area is 90.2 Å². The molecule has 0 N–H and O–H groups in total. The SMILES string of the molecule is COC(=O)C1CC2CC1CC2(C)CCF. The third kappa shape index (κ3) is 1.66. The number of carbonyl (C=O) groups is 1. The van der Waals surface area contributed by atoms with Gasteiger partial charge in [-0.05, 0) is 42.9 Å². The van der Waals surface area contributed by atoms with Crippen molar-refractivity contribution in [2.75, 3.05) is 13.8 Å². The Morgan fingerprint density at radius 3 is 2.73 bits per heavy atom. The minimum atomic E-state index is -0.234. The molecule has 86 valence electrons. The number of fused-ring (bicyclic) bond motifs is 2. The minimum Gasteiger partial charge on any atom is -0.469 e. The molecule has 3 heteroatoms. The van der Waals surface area contributed by atoms with E-state index in [1.54, 1.807) is 0 Å². The fourth-order valence-electron chi connectivity index (χ4n) is 3.65. The van der Waals surface area contributed by atoms with Crippen LogP contribution in [0.1, 0.15) is 32.6 Å². The summed E-state index contributed by atoms with van der Waals surface area (Å²) >= 11 is 0. The molecular weight excluding hydrogens is 195 g/mol. The Morgan fingerprint density at radius 2 is 2.27 bits per heavy atom. The highest BCUT2D eigenvalue weighted by molar-refractivity contribution is 5.73.